The number of aromatic nitrogens is 2. The Labute approximate surface area is 227 Å². The van der Waals surface area contributed by atoms with E-state index < -0.39 is 0 Å². The number of carbonyl (C=O) groups is 1. The summed E-state index contributed by atoms with van der Waals surface area (Å²) in [5.74, 6) is -0.0933. The summed E-state index contributed by atoms with van der Waals surface area (Å²) in [6, 6.07) is 30.1. The number of amides is 1. The summed E-state index contributed by atoms with van der Waals surface area (Å²) in [5.41, 5.74) is 2.85. The number of rotatable bonds is 7. The fourth-order valence-corrected chi connectivity index (χ4v) is 5.67. The minimum Gasteiger partial charge on any atom is -0.324 e. The van der Waals surface area contributed by atoms with Gasteiger partial charge in [0.05, 0.1) is 28.0 Å². The van der Waals surface area contributed by atoms with Gasteiger partial charge in [0.2, 0.25) is 5.91 Å². The highest BCUT2D eigenvalue weighted by atomic mass is 35.5. The number of nitrogens with one attached hydrogen (secondary N) is 1. The summed E-state index contributed by atoms with van der Waals surface area (Å²) in [7, 11) is 0. The third kappa shape index (κ3) is 5.74. The van der Waals surface area contributed by atoms with Crippen LogP contribution in [-0.2, 0) is 4.79 Å². The SMILES string of the molecule is Cc1ccccc1-n1c(SCC(=O)Nc2ccccc2Sc2ccc(Cl)cc2)nc2ccccc2c1=O. The molecule has 0 fully saturated rings. The molecule has 0 aliphatic rings. The number of halogens is 1. The van der Waals surface area contributed by atoms with E-state index in [4.69, 9.17) is 16.6 Å². The Bertz CT molecular complexity index is 1650. The maximum absolute atomic E-state index is 13.5. The van der Waals surface area contributed by atoms with Crippen molar-refractivity contribution in [1.29, 1.82) is 0 Å². The van der Waals surface area contributed by atoms with Gasteiger partial charge in [0.25, 0.3) is 5.56 Å². The maximum atomic E-state index is 13.5. The summed E-state index contributed by atoms with van der Waals surface area (Å²) >= 11 is 8.79. The van der Waals surface area contributed by atoms with E-state index >= 15 is 0 Å². The van der Waals surface area contributed by atoms with E-state index in [1.54, 1.807) is 22.4 Å². The van der Waals surface area contributed by atoms with Gasteiger partial charge in [-0.3, -0.25) is 14.2 Å². The lowest BCUT2D eigenvalue weighted by Gasteiger charge is -2.15. The van der Waals surface area contributed by atoms with Crippen LogP contribution in [0.4, 0.5) is 5.69 Å². The molecule has 37 heavy (non-hydrogen) atoms. The van der Waals surface area contributed by atoms with Crippen molar-refractivity contribution in [3.05, 3.63) is 118 Å². The zero-order valence-corrected chi connectivity index (χ0v) is 22.2. The molecule has 0 aliphatic carbocycles. The molecule has 0 spiro atoms. The van der Waals surface area contributed by atoms with Crippen molar-refractivity contribution >= 4 is 57.6 Å². The Morgan fingerprint density at radius 1 is 0.919 bits per heavy atom. The Morgan fingerprint density at radius 3 is 2.43 bits per heavy atom. The van der Waals surface area contributed by atoms with Crippen molar-refractivity contribution < 1.29 is 4.79 Å². The minimum absolute atomic E-state index is 0.0939. The molecule has 5 nitrogen and oxygen atoms in total. The molecule has 0 radical (unpaired) electrons. The van der Waals surface area contributed by atoms with Crippen LogP contribution >= 0.6 is 35.1 Å². The molecular weight excluding hydrogens is 522 g/mol. The second kappa shape index (κ2) is 11.3. The molecule has 1 heterocycles. The molecule has 4 aromatic carbocycles. The van der Waals surface area contributed by atoms with Crippen LogP contribution in [0, 0.1) is 6.92 Å². The second-order valence-electron chi connectivity index (χ2n) is 8.23. The van der Waals surface area contributed by atoms with Crippen LogP contribution in [0.5, 0.6) is 0 Å². The van der Waals surface area contributed by atoms with Crippen molar-refractivity contribution in [1.82, 2.24) is 9.55 Å². The van der Waals surface area contributed by atoms with Gasteiger partial charge >= 0.3 is 0 Å². The van der Waals surface area contributed by atoms with Crippen LogP contribution in [0.1, 0.15) is 5.56 Å². The maximum Gasteiger partial charge on any atom is 0.266 e. The van der Waals surface area contributed by atoms with Gasteiger partial charge in [-0.05, 0) is 67.1 Å². The number of para-hydroxylation sites is 3. The zero-order chi connectivity index (χ0) is 25.8. The first kappa shape index (κ1) is 25.1. The standard InChI is InChI=1S/C29H22ClN3O2S2/c1-19-8-2-6-12-25(19)33-28(35)22-9-3-4-10-23(22)32-29(33)36-18-27(34)31-24-11-5-7-13-26(24)37-21-16-14-20(30)15-17-21/h2-17H,18H2,1H3,(H,31,34). The normalized spacial score (nSPS) is 11.0. The minimum atomic E-state index is -0.187. The highest BCUT2D eigenvalue weighted by Gasteiger charge is 2.16. The van der Waals surface area contributed by atoms with Gasteiger partial charge in [-0.25, -0.2) is 4.98 Å². The first-order valence-corrected chi connectivity index (χ1v) is 13.7. The second-order valence-corrected chi connectivity index (χ2v) is 10.7. The van der Waals surface area contributed by atoms with Crippen LogP contribution < -0.4 is 10.9 Å². The first-order valence-electron chi connectivity index (χ1n) is 11.5. The fraction of sp³-hybridized carbons (Fsp3) is 0.0690. The molecule has 0 unspecified atom stereocenters. The van der Waals surface area contributed by atoms with E-state index in [2.05, 4.69) is 5.32 Å². The van der Waals surface area contributed by atoms with E-state index in [1.807, 2.05) is 97.9 Å². The average molecular weight is 544 g/mol. The predicted octanol–water partition coefficient (Wildman–Crippen LogP) is 7.23. The summed E-state index contributed by atoms with van der Waals surface area (Å²) in [5, 5.41) is 4.69. The smallest absolute Gasteiger partial charge is 0.266 e. The third-order valence-electron chi connectivity index (χ3n) is 5.64. The quantitative estimate of drug-likeness (QED) is 0.173. The van der Waals surface area contributed by atoms with Gasteiger partial charge in [-0.15, -0.1) is 0 Å². The molecule has 0 aliphatic heterocycles. The first-order chi connectivity index (χ1) is 18.0. The van der Waals surface area contributed by atoms with Crippen molar-refractivity contribution in [3.63, 3.8) is 0 Å². The highest BCUT2D eigenvalue weighted by Crippen LogP contribution is 2.34. The van der Waals surface area contributed by atoms with Gasteiger partial charge in [0.1, 0.15) is 0 Å². The van der Waals surface area contributed by atoms with Crippen LogP contribution in [0.2, 0.25) is 5.02 Å². The number of carbonyl (C=O) groups excluding carboxylic acids is 1. The van der Waals surface area contributed by atoms with Crippen LogP contribution in [-0.4, -0.2) is 21.2 Å². The van der Waals surface area contributed by atoms with Crippen LogP contribution in [0.25, 0.3) is 16.6 Å². The summed E-state index contributed by atoms with van der Waals surface area (Å²) < 4.78 is 1.60. The molecule has 184 valence electrons. The topological polar surface area (TPSA) is 64.0 Å². The number of hydrogen-bond donors (Lipinski definition) is 1. The molecular formula is C29H22ClN3O2S2. The molecule has 0 atom stereocenters. The lowest BCUT2D eigenvalue weighted by Crippen LogP contribution is -2.23. The molecule has 1 aromatic heterocycles. The Balaban J connectivity index is 1.40. The molecule has 5 rings (SSSR count). The summed E-state index contributed by atoms with van der Waals surface area (Å²) in [6.07, 6.45) is 0. The number of thioether (sulfide) groups is 1. The summed E-state index contributed by atoms with van der Waals surface area (Å²) in [4.78, 5) is 33.2. The summed E-state index contributed by atoms with van der Waals surface area (Å²) in [6.45, 7) is 1.95. The zero-order valence-electron chi connectivity index (χ0n) is 19.9. The Kier molecular flexibility index (Phi) is 7.65. The average Bonchev–Trinajstić information content (AvgIpc) is 2.91. The van der Waals surface area contributed by atoms with Gasteiger partial charge in [-0.2, -0.15) is 0 Å². The largest absolute Gasteiger partial charge is 0.324 e. The van der Waals surface area contributed by atoms with E-state index in [9.17, 15) is 9.59 Å². The number of hydrogen-bond acceptors (Lipinski definition) is 5. The number of fused-ring (bicyclic) bond motifs is 1. The number of anilines is 1. The van der Waals surface area contributed by atoms with Crippen LogP contribution in [0.3, 0.4) is 0 Å². The number of nitrogens with zero attached hydrogens (tertiary/aromatic N) is 2. The monoisotopic (exact) mass is 543 g/mol. The predicted molar refractivity (Wildman–Crippen MR) is 153 cm³/mol. The lowest BCUT2D eigenvalue weighted by molar-refractivity contribution is -0.113. The van der Waals surface area contributed by atoms with Gasteiger partial charge < -0.3 is 5.32 Å². The molecule has 1 amide bonds. The molecule has 0 saturated heterocycles. The Morgan fingerprint density at radius 2 is 1.62 bits per heavy atom. The number of benzene rings is 4. The van der Waals surface area contributed by atoms with E-state index in [0.717, 1.165) is 26.7 Å². The van der Waals surface area contributed by atoms with Gasteiger partial charge in [-0.1, -0.05) is 77.6 Å². The molecule has 0 bridgehead atoms. The molecule has 5 aromatic rings. The third-order valence-corrected chi connectivity index (χ3v) is 7.91. The lowest BCUT2D eigenvalue weighted by atomic mass is 10.2. The van der Waals surface area contributed by atoms with Gasteiger partial charge in [0, 0.05) is 14.8 Å². The van der Waals surface area contributed by atoms with Gasteiger partial charge in [0.15, 0.2) is 5.16 Å². The van der Waals surface area contributed by atoms with Crippen molar-refractivity contribution in [3.8, 4) is 5.69 Å². The molecule has 0 saturated carbocycles. The number of aryl methyl sites for hydroxylation is 1. The molecule has 1 N–H and O–H groups in total. The van der Waals surface area contributed by atoms with E-state index in [1.165, 1.54) is 11.8 Å². The van der Waals surface area contributed by atoms with E-state index in [-0.39, 0.29) is 17.2 Å². The highest BCUT2D eigenvalue weighted by molar-refractivity contribution is 8.00. The fourth-order valence-electron chi connectivity index (χ4n) is 3.84. The Hall–Kier alpha value is -3.52. The van der Waals surface area contributed by atoms with E-state index in [0.29, 0.717) is 21.1 Å². The van der Waals surface area contributed by atoms with Crippen molar-refractivity contribution in [2.24, 2.45) is 0 Å². The van der Waals surface area contributed by atoms with Crippen molar-refractivity contribution in [2.75, 3.05) is 11.1 Å². The van der Waals surface area contributed by atoms with Crippen molar-refractivity contribution in [2.45, 2.75) is 21.9 Å². The molecule has 8 heteroatoms. The van der Waals surface area contributed by atoms with Crippen LogP contribution in [0.15, 0.2) is 117 Å².